The Morgan fingerprint density at radius 3 is 2.86 bits per heavy atom. The number of rotatable bonds is 2. The smallest absolute Gasteiger partial charge is 0.0947 e. The fourth-order valence-corrected chi connectivity index (χ4v) is 2.37. The van der Waals surface area contributed by atoms with E-state index in [9.17, 15) is 0 Å². The van der Waals surface area contributed by atoms with E-state index >= 15 is 0 Å². The first kappa shape index (κ1) is 9.43. The molecule has 0 aliphatic carbocycles. The molecule has 2 aromatic heterocycles. The Kier molecular flexibility index (Phi) is 2.39. The largest absolute Gasteiger partial charge is 0.340 e. The van der Waals surface area contributed by atoms with Crippen molar-refractivity contribution in [2.75, 3.05) is 0 Å². The SMILES string of the molecule is Cc1ccsc1C(N)c1cn(C)cn1. The molecule has 0 spiro atoms. The number of hydrogen-bond donors (Lipinski definition) is 1. The zero-order valence-electron chi connectivity index (χ0n) is 8.27. The van der Waals surface area contributed by atoms with E-state index in [1.165, 1.54) is 10.4 Å². The summed E-state index contributed by atoms with van der Waals surface area (Å²) in [5.41, 5.74) is 8.28. The molecule has 1 unspecified atom stereocenters. The van der Waals surface area contributed by atoms with E-state index in [1.54, 1.807) is 17.7 Å². The summed E-state index contributed by atoms with van der Waals surface area (Å²) in [7, 11) is 1.95. The van der Waals surface area contributed by atoms with Gasteiger partial charge in [0.05, 0.1) is 18.1 Å². The summed E-state index contributed by atoms with van der Waals surface area (Å²) in [6.45, 7) is 2.08. The fraction of sp³-hybridized carbons (Fsp3) is 0.300. The maximum atomic E-state index is 6.11. The van der Waals surface area contributed by atoms with Crippen molar-refractivity contribution in [2.24, 2.45) is 12.8 Å². The van der Waals surface area contributed by atoms with E-state index in [4.69, 9.17) is 5.73 Å². The number of hydrogen-bond acceptors (Lipinski definition) is 3. The molecule has 0 radical (unpaired) electrons. The predicted molar refractivity (Wildman–Crippen MR) is 58.3 cm³/mol. The predicted octanol–water partition coefficient (Wildman–Crippen LogP) is 1.84. The molecule has 1 atom stereocenters. The lowest BCUT2D eigenvalue weighted by atomic mass is 10.1. The topological polar surface area (TPSA) is 43.8 Å². The van der Waals surface area contributed by atoms with Crippen molar-refractivity contribution in [3.63, 3.8) is 0 Å². The second-order valence-electron chi connectivity index (χ2n) is 3.41. The van der Waals surface area contributed by atoms with E-state index in [2.05, 4.69) is 23.4 Å². The molecule has 0 fully saturated rings. The van der Waals surface area contributed by atoms with E-state index in [0.29, 0.717) is 0 Å². The number of nitrogens with two attached hydrogens (primary N) is 1. The van der Waals surface area contributed by atoms with Crippen LogP contribution in [0.15, 0.2) is 24.0 Å². The lowest BCUT2D eigenvalue weighted by Gasteiger charge is -2.07. The molecule has 0 amide bonds. The van der Waals surface area contributed by atoms with Gasteiger partial charge in [-0.15, -0.1) is 11.3 Å². The summed E-state index contributed by atoms with van der Waals surface area (Å²) in [4.78, 5) is 5.46. The first-order valence-electron chi connectivity index (χ1n) is 4.46. The van der Waals surface area contributed by atoms with Crippen LogP contribution in [0.5, 0.6) is 0 Å². The van der Waals surface area contributed by atoms with Gasteiger partial charge in [0.15, 0.2) is 0 Å². The van der Waals surface area contributed by atoms with Crippen LogP contribution in [0.3, 0.4) is 0 Å². The molecule has 0 aliphatic rings. The van der Waals surface area contributed by atoms with Gasteiger partial charge in [0.25, 0.3) is 0 Å². The van der Waals surface area contributed by atoms with Crippen molar-refractivity contribution in [3.8, 4) is 0 Å². The zero-order chi connectivity index (χ0) is 10.1. The van der Waals surface area contributed by atoms with Gasteiger partial charge in [0.2, 0.25) is 0 Å². The maximum Gasteiger partial charge on any atom is 0.0947 e. The van der Waals surface area contributed by atoms with Crippen molar-refractivity contribution in [3.05, 3.63) is 40.1 Å². The van der Waals surface area contributed by atoms with Crippen LogP contribution in [0.2, 0.25) is 0 Å². The molecule has 0 aliphatic heterocycles. The van der Waals surface area contributed by atoms with Gasteiger partial charge in [-0.05, 0) is 23.9 Å². The van der Waals surface area contributed by atoms with Gasteiger partial charge in [0, 0.05) is 18.1 Å². The lowest BCUT2D eigenvalue weighted by molar-refractivity contribution is 0.846. The number of aryl methyl sites for hydroxylation is 2. The van der Waals surface area contributed by atoms with Gasteiger partial charge < -0.3 is 10.3 Å². The van der Waals surface area contributed by atoms with Gasteiger partial charge in [0.1, 0.15) is 0 Å². The van der Waals surface area contributed by atoms with Gasteiger partial charge in [-0.3, -0.25) is 0 Å². The number of imidazole rings is 1. The third kappa shape index (κ3) is 1.58. The molecule has 0 bridgehead atoms. The normalized spacial score (nSPS) is 13.1. The molecule has 4 heteroatoms. The fourth-order valence-electron chi connectivity index (χ4n) is 1.43. The Morgan fingerprint density at radius 2 is 2.36 bits per heavy atom. The van der Waals surface area contributed by atoms with Crippen LogP contribution >= 0.6 is 11.3 Å². The van der Waals surface area contributed by atoms with Crippen molar-refractivity contribution in [2.45, 2.75) is 13.0 Å². The molecule has 0 aromatic carbocycles. The van der Waals surface area contributed by atoms with Crippen LogP contribution in [-0.4, -0.2) is 9.55 Å². The lowest BCUT2D eigenvalue weighted by Crippen LogP contribution is -2.11. The third-order valence-electron chi connectivity index (χ3n) is 2.23. The van der Waals surface area contributed by atoms with E-state index in [1.807, 2.05) is 17.8 Å². The van der Waals surface area contributed by atoms with E-state index in [-0.39, 0.29) is 6.04 Å². The minimum atomic E-state index is -0.0869. The first-order valence-corrected chi connectivity index (χ1v) is 5.34. The Bertz CT molecular complexity index is 430. The number of aromatic nitrogens is 2. The molecule has 0 saturated heterocycles. The van der Waals surface area contributed by atoms with Gasteiger partial charge in [-0.25, -0.2) is 4.98 Å². The van der Waals surface area contributed by atoms with Gasteiger partial charge >= 0.3 is 0 Å². The summed E-state index contributed by atoms with van der Waals surface area (Å²) in [5.74, 6) is 0. The third-order valence-corrected chi connectivity index (χ3v) is 3.33. The molecule has 2 aromatic rings. The van der Waals surface area contributed by atoms with Crippen LogP contribution in [-0.2, 0) is 7.05 Å². The molecule has 2 heterocycles. The highest BCUT2D eigenvalue weighted by Gasteiger charge is 2.14. The van der Waals surface area contributed by atoms with Gasteiger partial charge in [-0.2, -0.15) is 0 Å². The minimum absolute atomic E-state index is 0.0869. The van der Waals surface area contributed by atoms with E-state index in [0.717, 1.165) is 5.69 Å². The van der Waals surface area contributed by atoms with Crippen LogP contribution in [0.1, 0.15) is 22.2 Å². The van der Waals surface area contributed by atoms with Crippen molar-refractivity contribution < 1.29 is 0 Å². The first-order chi connectivity index (χ1) is 6.68. The highest BCUT2D eigenvalue weighted by Crippen LogP contribution is 2.26. The van der Waals surface area contributed by atoms with Gasteiger partial charge in [-0.1, -0.05) is 0 Å². The quantitative estimate of drug-likeness (QED) is 0.816. The summed E-state index contributed by atoms with van der Waals surface area (Å²) in [6.07, 6.45) is 3.74. The van der Waals surface area contributed by atoms with Crippen molar-refractivity contribution in [1.29, 1.82) is 0 Å². The van der Waals surface area contributed by atoms with Crippen molar-refractivity contribution >= 4 is 11.3 Å². The zero-order valence-corrected chi connectivity index (χ0v) is 9.08. The Balaban J connectivity index is 2.33. The minimum Gasteiger partial charge on any atom is -0.340 e. The second kappa shape index (κ2) is 3.55. The molecule has 3 nitrogen and oxygen atoms in total. The van der Waals surface area contributed by atoms with Crippen LogP contribution in [0.25, 0.3) is 0 Å². The maximum absolute atomic E-state index is 6.11. The van der Waals surface area contributed by atoms with Crippen LogP contribution in [0, 0.1) is 6.92 Å². The molecule has 0 saturated carbocycles. The summed E-state index contributed by atoms with van der Waals surface area (Å²) in [6, 6.07) is 2.00. The van der Waals surface area contributed by atoms with Crippen molar-refractivity contribution in [1.82, 2.24) is 9.55 Å². The summed E-state index contributed by atoms with van der Waals surface area (Å²) in [5, 5.41) is 2.06. The molecule has 74 valence electrons. The Hall–Kier alpha value is -1.13. The monoisotopic (exact) mass is 207 g/mol. The summed E-state index contributed by atoms with van der Waals surface area (Å²) >= 11 is 1.69. The Labute approximate surface area is 87.2 Å². The van der Waals surface area contributed by atoms with Crippen LogP contribution in [0.4, 0.5) is 0 Å². The average molecular weight is 207 g/mol. The average Bonchev–Trinajstić information content (AvgIpc) is 2.73. The number of nitrogens with zero attached hydrogens (tertiary/aromatic N) is 2. The summed E-state index contributed by atoms with van der Waals surface area (Å²) < 4.78 is 1.91. The number of thiophene rings is 1. The Morgan fingerprint density at radius 1 is 1.57 bits per heavy atom. The molecule has 2 rings (SSSR count). The van der Waals surface area contributed by atoms with E-state index < -0.39 is 0 Å². The highest BCUT2D eigenvalue weighted by atomic mass is 32.1. The highest BCUT2D eigenvalue weighted by molar-refractivity contribution is 7.10. The second-order valence-corrected chi connectivity index (χ2v) is 4.36. The standard InChI is InChI=1S/C10H13N3S/c1-7-3-4-14-10(7)9(11)8-5-13(2)6-12-8/h3-6,9H,11H2,1-2H3. The van der Waals surface area contributed by atoms with Crippen LogP contribution < -0.4 is 5.73 Å². The molecular formula is C10H13N3S. The molecule has 14 heavy (non-hydrogen) atoms. The molecular weight excluding hydrogens is 194 g/mol. The molecule has 2 N–H and O–H groups in total.